The third-order valence-corrected chi connectivity index (χ3v) is 5.23. The second kappa shape index (κ2) is 7.65. The van der Waals surface area contributed by atoms with Gasteiger partial charge in [0.1, 0.15) is 5.75 Å². The molecule has 0 unspecified atom stereocenters. The summed E-state index contributed by atoms with van der Waals surface area (Å²) in [6.07, 6.45) is 3.86. The van der Waals surface area contributed by atoms with Gasteiger partial charge in [0.2, 0.25) is 0 Å². The quantitative estimate of drug-likeness (QED) is 0.806. The highest BCUT2D eigenvalue weighted by atomic mass is 16.5. The molecule has 0 spiro atoms. The third kappa shape index (κ3) is 3.87. The van der Waals surface area contributed by atoms with E-state index in [9.17, 15) is 0 Å². The molecule has 128 valence electrons. The summed E-state index contributed by atoms with van der Waals surface area (Å²) < 4.78 is 17.2. The van der Waals surface area contributed by atoms with Gasteiger partial charge in [0.05, 0.1) is 19.8 Å². The molecule has 0 radical (unpaired) electrons. The fourth-order valence-electron chi connectivity index (χ4n) is 4.02. The maximum atomic E-state index is 6.09. The Morgan fingerprint density at radius 3 is 2.87 bits per heavy atom. The second-order valence-electron chi connectivity index (χ2n) is 6.81. The smallest absolute Gasteiger partial charge is 0.118 e. The van der Waals surface area contributed by atoms with Crippen molar-refractivity contribution in [3.63, 3.8) is 0 Å². The van der Waals surface area contributed by atoms with Crippen LogP contribution in [0.25, 0.3) is 0 Å². The van der Waals surface area contributed by atoms with Gasteiger partial charge in [-0.3, -0.25) is 4.90 Å². The fourth-order valence-corrected chi connectivity index (χ4v) is 4.02. The van der Waals surface area contributed by atoms with Crippen LogP contribution in [-0.2, 0) is 16.0 Å². The Morgan fingerprint density at radius 2 is 2.13 bits per heavy atom. The highest BCUT2D eigenvalue weighted by Gasteiger charge is 2.45. The van der Waals surface area contributed by atoms with Gasteiger partial charge in [0.25, 0.3) is 0 Å². The van der Waals surface area contributed by atoms with Gasteiger partial charge in [-0.15, -0.1) is 0 Å². The fraction of sp³-hybridized carbons (Fsp3) is 0.684. The molecule has 4 nitrogen and oxygen atoms in total. The van der Waals surface area contributed by atoms with Crippen molar-refractivity contribution in [1.82, 2.24) is 4.90 Å². The predicted molar refractivity (Wildman–Crippen MR) is 90.8 cm³/mol. The van der Waals surface area contributed by atoms with E-state index in [2.05, 4.69) is 24.0 Å². The monoisotopic (exact) mass is 319 g/mol. The second-order valence-corrected chi connectivity index (χ2v) is 6.81. The standard InChI is InChI=1S/C19H29NO3/c1-3-22-15-19-10-4-12-23-18(19)9-11-20(14-19)13-16-5-7-17(21-2)8-6-16/h5-8,18H,3-4,9-15H2,1-2H3/t18-,19-/m1/s1. The zero-order chi connectivity index (χ0) is 16.1. The molecule has 0 aliphatic carbocycles. The van der Waals surface area contributed by atoms with Crippen LogP contribution in [-0.4, -0.2) is 51.0 Å². The topological polar surface area (TPSA) is 30.9 Å². The minimum Gasteiger partial charge on any atom is -0.497 e. The summed E-state index contributed by atoms with van der Waals surface area (Å²) in [6, 6.07) is 8.42. The van der Waals surface area contributed by atoms with Gasteiger partial charge in [0, 0.05) is 38.3 Å². The van der Waals surface area contributed by atoms with Gasteiger partial charge in [-0.25, -0.2) is 0 Å². The molecular formula is C19H29NO3. The van der Waals surface area contributed by atoms with Crippen LogP contribution in [0.15, 0.2) is 24.3 Å². The first-order chi connectivity index (χ1) is 11.3. The first-order valence-corrected chi connectivity index (χ1v) is 8.80. The Morgan fingerprint density at radius 1 is 1.30 bits per heavy atom. The summed E-state index contributed by atoms with van der Waals surface area (Å²) >= 11 is 0. The lowest BCUT2D eigenvalue weighted by Crippen LogP contribution is -2.56. The average molecular weight is 319 g/mol. The van der Waals surface area contributed by atoms with Crippen molar-refractivity contribution in [2.45, 2.75) is 38.8 Å². The number of methoxy groups -OCH3 is 1. The van der Waals surface area contributed by atoms with E-state index in [1.165, 1.54) is 12.0 Å². The number of piperidine rings is 1. The lowest BCUT2D eigenvalue weighted by atomic mass is 9.73. The molecule has 2 fully saturated rings. The van der Waals surface area contributed by atoms with Gasteiger partial charge >= 0.3 is 0 Å². The number of benzene rings is 1. The molecule has 2 heterocycles. The minimum atomic E-state index is 0.180. The van der Waals surface area contributed by atoms with E-state index in [4.69, 9.17) is 14.2 Å². The van der Waals surface area contributed by atoms with E-state index in [1.54, 1.807) is 7.11 Å². The average Bonchev–Trinajstić information content (AvgIpc) is 2.60. The first kappa shape index (κ1) is 16.7. The summed E-state index contributed by atoms with van der Waals surface area (Å²) in [5.74, 6) is 0.918. The molecule has 0 saturated carbocycles. The molecule has 0 amide bonds. The summed E-state index contributed by atoms with van der Waals surface area (Å²) in [5.41, 5.74) is 1.52. The maximum absolute atomic E-state index is 6.09. The van der Waals surface area contributed by atoms with E-state index < -0.39 is 0 Å². The zero-order valence-corrected chi connectivity index (χ0v) is 14.4. The lowest BCUT2D eigenvalue weighted by molar-refractivity contribution is -0.153. The third-order valence-electron chi connectivity index (χ3n) is 5.23. The van der Waals surface area contributed by atoms with Crippen LogP contribution >= 0.6 is 0 Å². The Labute approximate surface area is 139 Å². The van der Waals surface area contributed by atoms with Gasteiger partial charge in [-0.05, 0) is 43.9 Å². The number of hydrogen-bond donors (Lipinski definition) is 0. The van der Waals surface area contributed by atoms with Gasteiger partial charge < -0.3 is 14.2 Å². The molecule has 0 bridgehead atoms. The number of rotatable bonds is 6. The molecule has 1 aromatic carbocycles. The van der Waals surface area contributed by atoms with E-state index in [0.29, 0.717) is 6.10 Å². The van der Waals surface area contributed by atoms with E-state index in [0.717, 1.165) is 58.0 Å². The molecule has 0 N–H and O–H groups in total. The van der Waals surface area contributed by atoms with Crippen molar-refractivity contribution in [2.24, 2.45) is 5.41 Å². The Kier molecular flexibility index (Phi) is 5.57. The number of likely N-dealkylation sites (tertiary alicyclic amines) is 1. The number of ether oxygens (including phenoxy) is 3. The number of fused-ring (bicyclic) bond motifs is 1. The number of nitrogens with zero attached hydrogens (tertiary/aromatic N) is 1. The Hall–Kier alpha value is -1.10. The lowest BCUT2D eigenvalue weighted by Gasteiger charge is -2.50. The molecule has 2 aliphatic rings. The minimum absolute atomic E-state index is 0.180. The van der Waals surface area contributed by atoms with Crippen molar-refractivity contribution >= 4 is 0 Å². The summed E-state index contributed by atoms with van der Waals surface area (Å²) in [6.45, 7) is 7.77. The van der Waals surface area contributed by atoms with Gasteiger partial charge in [-0.1, -0.05) is 12.1 Å². The SMILES string of the molecule is CCOC[C@]12CCCO[C@@H]1CCN(Cc1ccc(OC)cc1)C2. The molecule has 2 aliphatic heterocycles. The maximum Gasteiger partial charge on any atom is 0.118 e. The van der Waals surface area contributed by atoms with Crippen LogP contribution in [0.5, 0.6) is 5.75 Å². The van der Waals surface area contributed by atoms with Crippen LogP contribution in [0.3, 0.4) is 0 Å². The van der Waals surface area contributed by atoms with E-state index in [1.807, 2.05) is 12.1 Å². The normalized spacial score (nSPS) is 28.3. The van der Waals surface area contributed by atoms with Crippen LogP contribution in [0.1, 0.15) is 31.7 Å². The Bertz CT molecular complexity index is 490. The number of hydrogen-bond acceptors (Lipinski definition) is 4. The van der Waals surface area contributed by atoms with E-state index in [-0.39, 0.29) is 5.41 Å². The highest BCUT2D eigenvalue weighted by Crippen LogP contribution is 2.40. The van der Waals surface area contributed by atoms with Crippen LogP contribution < -0.4 is 4.74 Å². The highest BCUT2D eigenvalue weighted by molar-refractivity contribution is 5.27. The van der Waals surface area contributed by atoms with E-state index >= 15 is 0 Å². The molecular weight excluding hydrogens is 290 g/mol. The van der Waals surface area contributed by atoms with Crippen molar-refractivity contribution < 1.29 is 14.2 Å². The van der Waals surface area contributed by atoms with Crippen molar-refractivity contribution in [3.05, 3.63) is 29.8 Å². The zero-order valence-electron chi connectivity index (χ0n) is 14.4. The summed E-state index contributed by atoms with van der Waals surface area (Å²) in [7, 11) is 1.71. The van der Waals surface area contributed by atoms with Crippen molar-refractivity contribution in [3.8, 4) is 5.75 Å². The van der Waals surface area contributed by atoms with Crippen LogP contribution in [0, 0.1) is 5.41 Å². The molecule has 1 aromatic rings. The molecule has 0 aromatic heterocycles. The molecule has 3 rings (SSSR count). The van der Waals surface area contributed by atoms with Crippen LogP contribution in [0.4, 0.5) is 0 Å². The molecule has 4 heteroatoms. The van der Waals surface area contributed by atoms with Crippen molar-refractivity contribution in [1.29, 1.82) is 0 Å². The molecule has 23 heavy (non-hydrogen) atoms. The summed E-state index contributed by atoms with van der Waals surface area (Å²) in [5, 5.41) is 0. The molecule has 2 saturated heterocycles. The summed E-state index contributed by atoms with van der Waals surface area (Å²) in [4.78, 5) is 2.56. The Balaban J connectivity index is 1.66. The van der Waals surface area contributed by atoms with Crippen molar-refractivity contribution in [2.75, 3.05) is 40.0 Å². The largest absolute Gasteiger partial charge is 0.497 e. The van der Waals surface area contributed by atoms with Gasteiger partial charge in [-0.2, -0.15) is 0 Å². The predicted octanol–water partition coefficient (Wildman–Crippen LogP) is 3.10. The van der Waals surface area contributed by atoms with Gasteiger partial charge in [0.15, 0.2) is 0 Å². The molecule has 2 atom stereocenters. The van der Waals surface area contributed by atoms with Crippen LogP contribution in [0.2, 0.25) is 0 Å². The first-order valence-electron chi connectivity index (χ1n) is 8.80.